The molecule has 0 bridgehead atoms. The van der Waals surface area contributed by atoms with Crippen LogP contribution in [-0.4, -0.2) is 76.1 Å². The molecule has 14 heteroatoms. The lowest BCUT2D eigenvalue weighted by Crippen LogP contribution is -2.63. The van der Waals surface area contributed by atoms with Crippen molar-refractivity contribution in [3.05, 3.63) is 10.4 Å². The molecule has 0 spiro atoms. The van der Waals surface area contributed by atoms with Crippen LogP contribution in [0.2, 0.25) is 16.1 Å². The van der Waals surface area contributed by atoms with Gasteiger partial charge in [-0.3, -0.25) is 19.2 Å². The minimum atomic E-state index is -2.03. The molecule has 1 saturated heterocycles. The van der Waals surface area contributed by atoms with Crippen molar-refractivity contribution in [2.45, 2.75) is 203 Å². The Hall–Kier alpha value is -2.67. The first-order valence-electron chi connectivity index (χ1n) is 20.0. The van der Waals surface area contributed by atoms with Crippen LogP contribution < -0.4 is 0 Å². The Morgan fingerprint density at radius 3 is 1.51 bits per heavy atom. The van der Waals surface area contributed by atoms with Gasteiger partial charge in [0.05, 0.1) is 21.7 Å². The van der Waals surface area contributed by atoms with E-state index in [4.69, 9.17) is 28.1 Å². The normalized spacial score (nSPS) is 21.5. The summed E-state index contributed by atoms with van der Waals surface area (Å²) in [7, 11) is -2.03. The minimum Gasteiger partial charge on any atom is -0.462 e. The third-order valence-corrected chi connectivity index (χ3v) is 16.7. The molecule has 55 heavy (non-hydrogen) atoms. The Labute approximate surface area is 332 Å². The molecule has 0 aromatic heterocycles. The molecule has 0 N–H and O–H groups in total. The lowest BCUT2D eigenvalue weighted by molar-refractivity contribution is -0.259. The molecule has 1 fully saturated rings. The third kappa shape index (κ3) is 14.0. The van der Waals surface area contributed by atoms with Crippen molar-refractivity contribution in [1.82, 2.24) is 0 Å². The summed E-state index contributed by atoms with van der Waals surface area (Å²) in [5.74, 6) is -2.54. The standard InChI is InChI=1S/C41H75N3O10Si/c1-26(2)55(27(3)4,40(14,15)16)50-24-22-20-19-21-23-41(17,18)36(48)49-25-28-29(52-33(45)37(5,6)7)30(53-34(46)38(8,9)10)31(32(51-28)43-44-42)54-35(47)39(11,12)13/h26-32H,19-25H2,1-18H3/t28-,29+,30+,31-,32-/m1/s1. The minimum absolute atomic E-state index is 0.124. The number of esters is 4. The number of unbranched alkanes of at least 4 members (excludes halogenated alkanes) is 3. The van der Waals surface area contributed by atoms with E-state index < -0.39 is 91.1 Å². The van der Waals surface area contributed by atoms with E-state index in [1.54, 1.807) is 62.3 Å². The van der Waals surface area contributed by atoms with E-state index in [9.17, 15) is 24.7 Å². The molecule has 1 aliphatic heterocycles. The number of azide groups is 1. The Balaban J connectivity index is 3.22. The molecule has 0 unspecified atom stereocenters. The summed E-state index contributed by atoms with van der Waals surface area (Å²) in [4.78, 5) is 56.3. The predicted octanol–water partition coefficient (Wildman–Crippen LogP) is 10.00. The van der Waals surface area contributed by atoms with Gasteiger partial charge >= 0.3 is 23.9 Å². The van der Waals surface area contributed by atoms with Crippen molar-refractivity contribution in [1.29, 1.82) is 0 Å². The molecular weight excluding hydrogens is 723 g/mol. The van der Waals surface area contributed by atoms with Crippen LogP contribution >= 0.6 is 0 Å². The van der Waals surface area contributed by atoms with Crippen LogP contribution in [0, 0.1) is 21.7 Å². The molecule has 318 valence electrons. The Kier molecular flexibility index (Phi) is 18.0. The molecule has 1 heterocycles. The number of ether oxygens (including phenoxy) is 5. The lowest BCUT2D eigenvalue weighted by Gasteiger charge is -2.48. The number of hydrogen-bond acceptors (Lipinski definition) is 11. The first-order chi connectivity index (χ1) is 24.8. The second kappa shape index (κ2) is 19.7. The Morgan fingerprint density at radius 1 is 0.655 bits per heavy atom. The van der Waals surface area contributed by atoms with Gasteiger partial charge in [0.1, 0.15) is 12.7 Å². The van der Waals surface area contributed by atoms with E-state index >= 15 is 0 Å². The SMILES string of the molecule is CC(C)[Si](OCCCCCCC(C)(C)C(=O)OC[C@H]1O[C@@H](N=[N+]=[N-])[C@H](OC(=O)C(C)(C)C)[C@@H](OC(=O)C(C)(C)C)[C@H]1OC(=O)C(C)(C)C)(C(C)C)C(C)(C)C. The summed E-state index contributed by atoms with van der Waals surface area (Å²) in [5, 5.41) is 3.85. The smallest absolute Gasteiger partial charge is 0.311 e. The summed E-state index contributed by atoms with van der Waals surface area (Å²) in [6.45, 7) is 34.8. The van der Waals surface area contributed by atoms with Crippen LogP contribution in [0.5, 0.6) is 0 Å². The predicted molar refractivity (Wildman–Crippen MR) is 215 cm³/mol. The highest BCUT2D eigenvalue weighted by atomic mass is 28.4. The van der Waals surface area contributed by atoms with Gasteiger partial charge in [0.25, 0.3) is 0 Å². The highest BCUT2D eigenvalue weighted by Crippen LogP contribution is 2.50. The van der Waals surface area contributed by atoms with Gasteiger partial charge in [0.2, 0.25) is 8.32 Å². The summed E-state index contributed by atoms with van der Waals surface area (Å²) in [5.41, 5.74) is 6.61. The van der Waals surface area contributed by atoms with Crippen molar-refractivity contribution in [3.8, 4) is 0 Å². The van der Waals surface area contributed by atoms with Crippen molar-refractivity contribution in [3.63, 3.8) is 0 Å². The van der Waals surface area contributed by atoms with Crippen LogP contribution in [0.4, 0.5) is 0 Å². The van der Waals surface area contributed by atoms with Gasteiger partial charge in [-0.05, 0) is 111 Å². The lowest BCUT2D eigenvalue weighted by atomic mass is 9.87. The number of rotatable bonds is 17. The average molecular weight is 798 g/mol. The van der Waals surface area contributed by atoms with Crippen LogP contribution in [0.1, 0.15) is 157 Å². The molecular formula is C41H75N3O10Si. The fraction of sp³-hybridized carbons (Fsp3) is 0.902. The largest absolute Gasteiger partial charge is 0.462 e. The average Bonchev–Trinajstić information content (AvgIpc) is 3.01. The molecule has 0 aromatic carbocycles. The van der Waals surface area contributed by atoms with E-state index in [1.165, 1.54) is 0 Å². The van der Waals surface area contributed by atoms with Crippen LogP contribution in [0.15, 0.2) is 5.11 Å². The number of nitrogens with zero attached hydrogens (tertiary/aromatic N) is 3. The van der Waals surface area contributed by atoms with E-state index in [0.29, 0.717) is 17.5 Å². The molecule has 0 aromatic rings. The highest BCUT2D eigenvalue weighted by molar-refractivity contribution is 6.79. The van der Waals surface area contributed by atoms with E-state index in [2.05, 4.69) is 58.5 Å². The van der Waals surface area contributed by atoms with E-state index in [-0.39, 0.29) is 5.04 Å². The number of carbonyl (C=O) groups is 4. The zero-order valence-electron chi connectivity index (χ0n) is 37.4. The molecule has 1 aliphatic rings. The van der Waals surface area contributed by atoms with Crippen LogP contribution in [-0.2, 0) is 47.3 Å². The summed E-state index contributed by atoms with van der Waals surface area (Å²) in [6, 6.07) is 0. The van der Waals surface area contributed by atoms with Gasteiger partial charge in [-0.15, -0.1) is 0 Å². The topological polar surface area (TPSA) is 172 Å². The quantitative estimate of drug-likeness (QED) is 0.0262. The second-order valence-corrected chi connectivity index (χ2v) is 26.2. The molecule has 0 amide bonds. The fourth-order valence-corrected chi connectivity index (χ4v) is 13.5. The first-order valence-corrected chi connectivity index (χ1v) is 22.0. The monoisotopic (exact) mass is 798 g/mol. The maximum absolute atomic E-state index is 13.6. The Morgan fingerprint density at radius 2 is 1.09 bits per heavy atom. The van der Waals surface area contributed by atoms with Crippen molar-refractivity contribution in [2.24, 2.45) is 26.8 Å². The van der Waals surface area contributed by atoms with Gasteiger partial charge in [0, 0.05) is 11.5 Å². The van der Waals surface area contributed by atoms with Gasteiger partial charge in [-0.2, -0.15) is 0 Å². The third-order valence-electron chi connectivity index (χ3n) is 10.2. The number of hydrogen-bond donors (Lipinski definition) is 0. The van der Waals surface area contributed by atoms with E-state index in [0.717, 1.165) is 32.3 Å². The summed E-state index contributed by atoms with van der Waals surface area (Å²) >= 11 is 0. The molecule has 1 rings (SSSR count). The van der Waals surface area contributed by atoms with E-state index in [1.807, 2.05) is 13.8 Å². The van der Waals surface area contributed by atoms with Crippen LogP contribution in [0.25, 0.3) is 10.4 Å². The Bertz CT molecular complexity index is 1340. The number of carbonyl (C=O) groups excluding carboxylic acids is 4. The van der Waals surface area contributed by atoms with Gasteiger partial charge in [-0.25, -0.2) is 0 Å². The molecule has 13 nitrogen and oxygen atoms in total. The van der Waals surface area contributed by atoms with Crippen molar-refractivity contribution >= 4 is 32.2 Å². The van der Waals surface area contributed by atoms with Crippen LogP contribution in [0.3, 0.4) is 0 Å². The highest BCUT2D eigenvalue weighted by Gasteiger charge is 2.55. The maximum Gasteiger partial charge on any atom is 0.311 e. The molecule has 0 aliphatic carbocycles. The zero-order chi connectivity index (χ0) is 43.0. The maximum atomic E-state index is 13.6. The zero-order valence-corrected chi connectivity index (χ0v) is 38.4. The fourth-order valence-electron chi connectivity index (χ4n) is 7.14. The summed E-state index contributed by atoms with van der Waals surface area (Å²) in [6.07, 6.45) is -2.88. The van der Waals surface area contributed by atoms with Gasteiger partial charge in [-0.1, -0.05) is 72.8 Å². The molecule has 5 atom stereocenters. The van der Waals surface area contributed by atoms with Crippen molar-refractivity contribution < 1.29 is 47.3 Å². The summed E-state index contributed by atoms with van der Waals surface area (Å²) < 4.78 is 36.4. The second-order valence-electron chi connectivity index (χ2n) is 20.5. The van der Waals surface area contributed by atoms with Gasteiger partial charge < -0.3 is 28.1 Å². The first kappa shape index (κ1) is 50.3. The molecule has 0 saturated carbocycles. The molecule has 0 radical (unpaired) electrons. The van der Waals surface area contributed by atoms with Crippen molar-refractivity contribution in [2.75, 3.05) is 13.2 Å². The van der Waals surface area contributed by atoms with Gasteiger partial charge in [0.15, 0.2) is 24.5 Å².